The predicted molar refractivity (Wildman–Crippen MR) is 76.0 cm³/mol. The Labute approximate surface area is 115 Å². The van der Waals surface area contributed by atoms with E-state index in [1.807, 2.05) is 0 Å². The lowest BCUT2D eigenvalue weighted by atomic mass is 10.2. The van der Waals surface area contributed by atoms with Crippen LogP contribution in [-0.2, 0) is 10.5 Å². The van der Waals surface area contributed by atoms with E-state index in [0.29, 0.717) is 11.0 Å². The Kier molecular flexibility index (Phi) is 5.00. The van der Waals surface area contributed by atoms with E-state index in [1.165, 1.54) is 6.07 Å². The number of anilines is 1. The van der Waals surface area contributed by atoms with Crippen molar-refractivity contribution in [3.05, 3.63) is 33.9 Å². The summed E-state index contributed by atoms with van der Waals surface area (Å²) in [6, 6.07) is 4.69. The lowest BCUT2D eigenvalue weighted by Gasteiger charge is -2.21. The van der Waals surface area contributed by atoms with Gasteiger partial charge in [-0.05, 0) is 24.5 Å². The molecule has 104 valence electrons. The highest BCUT2D eigenvalue weighted by Crippen LogP contribution is 2.30. The van der Waals surface area contributed by atoms with Crippen molar-refractivity contribution in [3.63, 3.8) is 0 Å². The van der Waals surface area contributed by atoms with Gasteiger partial charge in [0.25, 0.3) is 5.69 Å². The van der Waals surface area contributed by atoms with Gasteiger partial charge in [0.05, 0.1) is 10.6 Å². The van der Waals surface area contributed by atoms with Gasteiger partial charge in [0.15, 0.2) is 0 Å². The van der Waals surface area contributed by atoms with Crippen LogP contribution in [0.1, 0.15) is 18.4 Å². The third-order valence-electron chi connectivity index (χ3n) is 3.10. The summed E-state index contributed by atoms with van der Waals surface area (Å²) in [5, 5.41) is 11.3. The van der Waals surface area contributed by atoms with E-state index >= 15 is 0 Å². The second kappa shape index (κ2) is 6.74. The third-order valence-corrected chi connectivity index (χ3v) is 4.52. The monoisotopic (exact) mass is 283 g/mol. The normalized spacial score (nSPS) is 16.3. The second-order valence-electron chi connectivity index (χ2n) is 4.37. The predicted octanol–water partition coefficient (Wildman–Crippen LogP) is 2.29. The van der Waals surface area contributed by atoms with Gasteiger partial charge < -0.3 is 10.2 Å². The fourth-order valence-corrected chi connectivity index (χ4v) is 3.18. The average Bonchev–Trinajstić information content (AvgIpc) is 2.45. The van der Waals surface area contributed by atoms with Crippen molar-refractivity contribution in [3.8, 4) is 0 Å². The molecule has 0 amide bonds. The number of nitro benzene ring substituents is 1. The first-order valence-corrected chi connectivity index (χ1v) is 7.19. The van der Waals surface area contributed by atoms with E-state index in [0.717, 1.165) is 37.3 Å². The maximum Gasteiger partial charge on any atom is 0.269 e. The van der Waals surface area contributed by atoms with Crippen LogP contribution in [0.5, 0.6) is 0 Å². The summed E-state index contributed by atoms with van der Waals surface area (Å²) in [4.78, 5) is 10.4. The summed E-state index contributed by atoms with van der Waals surface area (Å²) in [5.74, 6) is 6.15. The van der Waals surface area contributed by atoms with E-state index in [-0.39, 0.29) is 10.6 Å². The summed E-state index contributed by atoms with van der Waals surface area (Å²) >= 11 is 1.80. The molecule has 1 aromatic carbocycles. The van der Waals surface area contributed by atoms with E-state index < -0.39 is 0 Å². The van der Waals surface area contributed by atoms with Crippen LogP contribution in [0.2, 0.25) is 0 Å². The number of nitrogens with zero attached hydrogens (tertiary/aromatic N) is 1. The molecule has 1 heterocycles. The van der Waals surface area contributed by atoms with E-state index in [1.54, 1.807) is 23.9 Å². The van der Waals surface area contributed by atoms with Crippen molar-refractivity contribution >= 4 is 23.1 Å². The van der Waals surface area contributed by atoms with Crippen molar-refractivity contribution in [2.45, 2.75) is 23.8 Å². The molecular formula is C12H17N3O3S. The van der Waals surface area contributed by atoms with Gasteiger partial charge >= 0.3 is 0 Å². The first-order chi connectivity index (χ1) is 9.20. The SMILES string of the molecule is NNc1ccc([N+](=O)[O-])cc1CSC1CCOCC1. The molecule has 0 saturated carbocycles. The molecule has 7 heteroatoms. The first kappa shape index (κ1) is 14.1. The molecule has 19 heavy (non-hydrogen) atoms. The van der Waals surface area contributed by atoms with Crippen LogP contribution in [-0.4, -0.2) is 23.4 Å². The minimum absolute atomic E-state index is 0.0987. The molecule has 3 N–H and O–H groups in total. The third kappa shape index (κ3) is 3.82. The highest BCUT2D eigenvalue weighted by atomic mass is 32.2. The lowest BCUT2D eigenvalue weighted by molar-refractivity contribution is -0.384. The van der Waals surface area contributed by atoms with Gasteiger partial charge in [-0.2, -0.15) is 11.8 Å². The smallest absolute Gasteiger partial charge is 0.269 e. The van der Waals surface area contributed by atoms with Crippen LogP contribution >= 0.6 is 11.8 Å². The zero-order valence-corrected chi connectivity index (χ0v) is 11.3. The summed E-state index contributed by atoms with van der Waals surface area (Å²) in [5.41, 5.74) is 4.30. The Balaban J connectivity index is 2.04. The number of nitrogens with two attached hydrogens (primary N) is 1. The Bertz CT molecular complexity index is 450. The fraction of sp³-hybridized carbons (Fsp3) is 0.500. The number of nitrogens with one attached hydrogen (secondary N) is 1. The van der Waals surface area contributed by atoms with E-state index in [4.69, 9.17) is 10.6 Å². The van der Waals surface area contributed by atoms with Crippen LogP contribution in [0, 0.1) is 10.1 Å². The topological polar surface area (TPSA) is 90.4 Å². The van der Waals surface area contributed by atoms with Gasteiger partial charge in [0.2, 0.25) is 0 Å². The van der Waals surface area contributed by atoms with Crippen molar-refractivity contribution in [2.24, 2.45) is 5.84 Å². The minimum Gasteiger partial charge on any atom is -0.381 e. The van der Waals surface area contributed by atoms with Gasteiger partial charge in [0.1, 0.15) is 0 Å². The molecule has 2 rings (SSSR count). The number of hydrogen-bond acceptors (Lipinski definition) is 6. The quantitative estimate of drug-likeness (QED) is 0.489. The molecule has 0 bridgehead atoms. The molecule has 0 spiro atoms. The highest BCUT2D eigenvalue weighted by Gasteiger charge is 2.16. The van der Waals surface area contributed by atoms with E-state index in [9.17, 15) is 10.1 Å². The molecule has 1 aliphatic rings. The minimum atomic E-state index is -0.386. The number of thioether (sulfide) groups is 1. The van der Waals surface area contributed by atoms with Gasteiger partial charge in [-0.3, -0.25) is 16.0 Å². The lowest BCUT2D eigenvalue weighted by Crippen LogP contribution is -2.17. The molecule has 0 radical (unpaired) electrons. The molecule has 1 saturated heterocycles. The number of hydrogen-bond donors (Lipinski definition) is 2. The van der Waals surface area contributed by atoms with Crippen LogP contribution < -0.4 is 11.3 Å². The average molecular weight is 283 g/mol. The molecule has 1 fully saturated rings. The van der Waals surface area contributed by atoms with Crippen LogP contribution in [0.15, 0.2) is 18.2 Å². The number of non-ortho nitro benzene ring substituents is 1. The maximum atomic E-state index is 10.8. The molecule has 1 aromatic rings. The van der Waals surface area contributed by atoms with Crippen molar-refractivity contribution in [1.82, 2.24) is 0 Å². The van der Waals surface area contributed by atoms with Gasteiger partial charge in [-0.25, -0.2) is 0 Å². The van der Waals surface area contributed by atoms with Gasteiger partial charge in [-0.15, -0.1) is 0 Å². The number of nitro groups is 1. The molecule has 0 unspecified atom stereocenters. The van der Waals surface area contributed by atoms with Crippen LogP contribution in [0.25, 0.3) is 0 Å². The number of nitrogen functional groups attached to an aromatic ring is 1. The summed E-state index contributed by atoms with van der Waals surface area (Å²) in [6.07, 6.45) is 2.07. The van der Waals surface area contributed by atoms with Gasteiger partial charge in [0, 0.05) is 36.3 Å². The van der Waals surface area contributed by atoms with E-state index in [2.05, 4.69) is 5.43 Å². The zero-order valence-electron chi connectivity index (χ0n) is 10.5. The standard InChI is InChI=1S/C12H17N3O3S/c13-14-12-2-1-10(15(16)17)7-9(12)8-19-11-3-5-18-6-4-11/h1-2,7,11,14H,3-6,8,13H2. The number of hydrazine groups is 1. The largest absolute Gasteiger partial charge is 0.381 e. The van der Waals surface area contributed by atoms with Crippen LogP contribution in [0.3, 0.4) is 0 Å². The first-order valence-electron chi connectivity index (χ1n) is 6.14. The Morgan fingerprint density at radius 2 is 2.21 bits per heavy atom. The van der Waals surface area contributed by atoms with Gasteiger partial charge in [-0.1, -0.05) is 0 Å². The Hall–Kier alpha value is -1.31. The molecule has 0 aliphatic carbocycles. The molecular weight excluding hydrogens is 266 g/mol. The number of ether oxygens (including phenoxy) is 1. The van der Waals surface area contributed by atoms with Crippen molar-refractivity contribution in [2.75, 3.05) is 18.6 Å². The van der Waals surface area contributed by atoms with Crippen LogP contribution in [0.4, 0.5) is 11.4 Å². The second-order valence-corrected chi connectivity index (χ2v) is 5.65. The molecule has 1 aliphatic heterocycles. The number of benzene rings is 1. The fourth-order valence-electron chi connectivity index (χ4n) is 2.00. The summed E-state index contributed by atoms with van der Waals surface area (Å²) in [7, 11) is 0. The maximum absolute atomic E-state index is 10.8. The van der Waals surface area contributed by atoms with Crippen molar-refractivity contribution < 1.29 is 9.66 Å². The molecule has 0 atom stereocenters. The summed E-state index contributed by atoms with van der Waals surface area (Å²) in [6.45, 7) is 1.60. The molecule has 0 aromatic heterocycles. The summed E-state index contributed by atoms with van der Waals surface area (Å²) < 4.78 is 5.31. The zero-order chi connectivity index (χ0) is 13.7. The Morgan fingerprint density at radius 3 is 2.84 bits per heavy atom. The number of rotatable bonds is 5. The Morgan fingerprint density at radius 1 is 1.47 bits per heavy atom. The van der Waals surface area contributed by atoms with Crippen molar-refractivity contribution in [1.29, 1.82) is 0 Å². The molecule has 6 nitrogen and oxygen atoms in total. The highest BCUT2D eigenvalue weighted by molar-refractivity contribution is 7.99.